The Bertz CT molecular complexity index is 829. The van der Waals surface area contributed by atoms with Crippen LogP contribution in [0.3, 0.4) is 0 Å². The highest BCUT2D eigenvalue weighted by atomic mass is 32.2. The van der Waals surface area contributed by atoms with Crippen LogP contribution in [-0.4, -0.2) is 27.3 Å². The monoisotopic (exact) mass is 351 g/mol. The fourth-order valence-corrected chi connectivity index (χ4v) is 3.37. The largest absolute Gasteiger partial charge is 0.353 e. The quantitative estimate of drug-likeness (QED) is 0.679. The van der Waals surface area contributed by atoms with E-state index in [4.69, 9.17) is 0 Å². The SMILES string of the molecule is CC(C)NC(=O)CSc1ncc(-c2ccccc2)n1-c1ccccc1. The number of hydrogen-bond donors (Lipinski definition) is 1. The molecule has 1 N–H and O–H groups in total. The Morgan fingerprint density at radius 1 is 1.08 bits per heavy atom. The van der Waals surface area contributed by atoms with Gasteiger partial charge in [0, 0.05) is 17.3 Å². The van der Waals surface area contributed by atoms with Gasteiger partial charge in [0.15, 0.2) is 5.16 Å². The van der Waals surface area contributed by atoms with E-state index < -0.39 is 0 Å². The lowest BCUT2D eigenvalue weighted by Crippen LogP contribution is -2.31. The highest BCUT2D eigenvalue weighted by Gasteiger charge is 2.15. The van der Waals surface area contributed by atoms with E-state index in [2.05, 4.69) is 27.0 Å². The fourth-order valence-electron chi connectivity index (χ4n) is 2.57. The molecule has 2 aromatic carbocycles. The van der Waals surface area contributed by atoms with Crippen molar-refractivity contribution in [2.24, 2.45) is 0 Å². The van der Waals surface area contributed by atoms with E-state index in [1.54, 1.807) is 0 Å². The summed E-state index contributed by atoms with van der Waals surface area (Å²) >= 11 is 1.45. The standard InChI is InChI=1S/C20H21N3OS/c1-15(2)22-19(24)14-25-20-21-13-18(16-9-5-3-6-10-16)23(20)17-11-7-4-8-12-17/h3-13,15H,14H2,1-2H3,(H,22,24). The molecule has 0 fully saturated rings. The molecule has 0 spiro atoms. The lowest BCUT2D eigenvalue weighted by Gasteiger charge is -2.12. The summed E-state index contributed by atoms with van der Waals surface area (Å²) in [5.74, 6) is 0.361. The van der Waals surface area contributed by atoms with Gasteiger partial charge in [-0.05, 0) is 26.0 Å². The number of benzene rings is 2. The van der Waals surface area contributed by atoms with E-state index in [9.17, 15) is 4.79 Å². The van der Waals surface area contributed by atoms with Crippen molar-refractivity contribution in [3.63, 3.8) is 0 Å². The number of nitrogens with one attached hydrogen (secondary N) is 1. The first-order chi connectivity index (χ1) is 12.1. The summed E-state index contributed by atoms with van der Waals surface area (Å²) in [6.07, 6.45) is 1.87. The van der Waals surface area contributed by atoms with E-state index >= 15 is 0 Å². The highest BCUT2D eigenvalue weighted by molar-refractivity contribution is 7.99. The first kappa shape index (κ1) is 17.3. The number of aromatic nitrogens is 2. The van der Waals surface area contributed by atoms with E-state index in [1.807, 2.05) is 68.6 Å². The van der Waals surface area contributed by atoms with Gasteiger partial charge in [0.2, 0.25) is 5.91 Å². The number of thioether (sulfide) groups is 1. The maximum Gasteiger partial charge on any atom is 0.230 e. The molecule has 1 aromatic heterocycles. The minimum Gasteiger partial charge on any atom is -0.353 e. The molecule has 0 bridgehead atoms. The van der Waals surface area contributed by atoms with Crippen molar-refractivity contribution in [1.82, 2.24) is 14.9 Å². The lowest BCUT2D eigenvalue weighted by atomic mass is 10.1. The van der Waals surface area contributed by atoms with Crippen LogP contribution in [0, 0.1) is 0 Å². The zero-order valence-corrected chi connectivity index (χ0v) is 15.2. The lowest BCUT2D eigenvalue weighted by molar-refractivity contribution is -0.119. The molecule has 4 nitrogen and oxygen atoms in total. The normalized spacial score (nSPS) is 10.8. The summed E-state index contributed by atoms with van der Waals surface area (Å²) < 4.78 is 2.10. The predicted octanol–water partition coefficient (Wildman–Crippen LogP) is 4.16. The number of imidazole rings is 1. The van der Waals surface area contributed by atoms with Crippen molar-refractivity contribution < 1.29 is 4.79 Å². The summed E-state index contributed by atoms with van der Waals surface area (Å²) in [6, 6.07) is 20.4. The maximum absolute atomic E-state index is 12.0. The maximum atomic E-state index is 12.0. The van der Waals surface area contributed by atoms with E-state index in [0.717, 1.165) is 22.1 Å². The molecule has 0 saturated heterocycles. The van der Waals surface area contributed by atoms with Crippen LogP contribution in [0.15, 0.2) is 72.0 Å². The van der Waals surface area contributed by atoms with Crippen molar-refractivity contribution >= 4 is 17.7 Å². The van der Waals surface area contributed by atoms with Gasteiger partial charge in [-0.15, -0.1) is 0 Å². The van der Waals surface area contributed by atoms with Crippen LogP contribution in [0.5, 0.6) is 0 Å². The minimum atomic E-state index is 0.0175. The number of nitrogens with zero attached hydrogens (tertiary/aromatic N) is 2. The van der Waals surface area contributed by atoms with Crippen LogP contribution >= 0.6 is 11.8 Å². The van der Waals surface area contributed by atoms with E-state index in [-0.39, 0.29) is 11.9 Å². The average molecular weight is 351 g/mol. The van der Waals surface area contributed by atoms with Gasteiger partial charge in [-0.1, -0.05) is 60.3 Å². The molecular formula is C20H21N3OS. The summed E-state index contributed by atoms with van der Waals surface area (Å²) in [4.78, 5) is 16.5. The Morgan fingerprint density at radius 2 is 1.72 bits per heavy atom. The smallest absolute Gasteiger partial charge is 0.230 e. The molecule has 0 saturated carbocycles. The van der Waals surface area contributed by atoms with E-state index in [1.165, 1.54) is 11.8 Å². The van der Waals surface area contributed by atoms with Crippen molar-refractivity contribution in [1.29, 1.82) is 0 Å². The second-order valence-electron chi connectivity index (χ2n) is 5.97. The Balaban J connectivity index is 1.94. The number of rotatable bonds is 6. The molecule has 1 heterocycles. The molecule has 0 aliphatic heterocycles. The Hall–Kier alpha value is -2.53. The van der Waals surface area contributed by atoms with Gasteiger partial charge in [0.05, 0.1) is 17.6 Å². The fraction of sp³-hybridized carbons (Fsp3) is 0.200. The van der Waals surface area contributed by atoms with Gasteiger partial charge in [0.1, 0.15) is 0 Å². The second-order valence-corrected chi connectivity index (χ2v) is 6.92. The summed E-state index contributed by atoms with van der Waals surface area (Å²) in [7, 11) is 0. The summed E-state index contributed by atoms with van der Waals surface area (Å²) in [6.45, 7) is 3.92. The van der Waals surface area contributed by atoms with Crippen LogP contribution in [-0.2, 0) is 4.79 Å². The van der Waals surface area contributed by atoms with Crippen LogP contribution in [0.4, 0.5) is 0 Å². The molecule has 0 aliphatic rings. The van der Waals surface area contributed by atoms with Crippen molar-refractivity contribution in [2.75, 3.05) is 5.75 Å². The third-order valence-corrected chi connectivity index (χ3v) is 4.55. The van der Waals surface area contributed by atoms with Gasteiger partial charge in [-0.2, -0.15) is 0 Å². The molecule has 3 aromatic rings. The Labute approximate surface area is 152 Å². The predicted molar refractivity (Wildman–Crippen MR) is 103 cm³/mol. The van der Waals surface area contributed by atoms with Crippen LogP contribution < -0.4 is 5.32 Å². The molecule has 0 atom stereocenters. The third kappa shape index (κ3) is 4.31. The third-order valence-electron chi connectivity index (χ3n) is 3.60. The zero-order chi connectivity index (χ0) is 17.6. The molecule has 5 heteroatoms. The van der Waals surface area contributed by atoms with Gasteiger partial charge in [-0.3, -0.25) is 9.36 Å². The minimum absolute atomic E-state index is 0.0175. The number of carbonyl (C=O) groups is 1. The Morgan fingerprint density at radius 3 is 2.36 bits per heavy atom. The second kappa shape index (κ2) is 8.03. The number of amides is 1. The van der Waals surface area contributed by atoms with Gasteiger partial charge >= 0.3 is 0 Å². The van der Waals surface area contributed by atoms with Gasteiger partial charge in [-0.25, -0.2) is 4.98 Å². The van der Waals surface area contributed by atoms with Crippen LogP contribution in [0.1, 0.15) is 13.8 Å². The molecule has 3 rings (SSSR count). The van der Waals surface area contributed by atoms with Crippen molar-refractivity contribution in [2.45, 2.75) is 25.0 Å². The van der Waals surface area contributed by atoms with Gasteiger partial charge in [0.25, 0.3) is 0 Å². The van der Waals surface area contributed by atoms with Crippen LogP contribution in [0.2, 0.25) is 0 Å². The molecule has 0 unspecified atom stereocenters. The summed E-state index contributed by atoms with van der Waals surface area (Å²) in [5, 5.41) is 3.72. The number of carbonyl (C=O) groups excluding carboxylic acids is 1. The van der Waals surface area contributed by atoms with Crippen molar-refractivity contribution in [3.05, 3.63) is 66.9 Å². The molecular weight excluding hydrogens is 330 g/mol. The number of para-hydroxylation sites is 1. The first-order valence-corrected chi connectivity index (χ1v) is 9.24. The Kier molecular flexibility index (Phi) is 5.56. The highest BCUT2D eigenvalue weighted by Crippen LogP contribution is 2.29. The zero-order valence-electron chi connectivity index (χ0n) is 14.3. The van der Waals surface area contributed by atoms with Crippen LogP contribution in [0.25, 0.3) is 16.9 Å². The van der Waals surface area contributed by atoms with E-state index in [0.29, 0.717) is 5.75 Å². The molecule has 25 heavy (non-hydrogen) atoms. The molecule has 1 amide bonds. The average Bonchev–Trinajstić information content (AvgIpc) is 3.05. The topological polar surface area (TPSA) is 46.9 Å². The summed E-state index contributed by atoms with van der Waals surface area (Å²) in [5.41, 5.74) is 3.14. The molecule has 128 valence electrons. The first-order valence-electron chi connectivity index (χ1n) is 8.26. The van der Waals surface area contributed by atoms with Gasteiger partial charge < -0.3 is 5.32 Å². The van der Waals surface area contributed by atoms with Crippen molar-refractivity contribution in [3.8, 4) is 16.9 Å². The molecule has 0 radical (unpaired) electrons. The molecule has 0 aliphatic carbocycles. The number of hydrogen-bond acceptors (Lipinski definition) is 3.